The minimum absolute atomic E-state index is 0.691. The number of rotatable bonds is 5. The fourth-order valence-corrected chi connectivity index (χ4v) is 4.32. The molecule has 2 rings (SSSR count). The molecule has 0 spiro atoms. The highest BCUT2D eigenvalue weighted by Gasteiger charge is 2.32. The Morgan fingerprint density at radius 2 is 2.06 bits per heavy atom. The quantitative estimate of drug-likeness (QED) is 0.393. The van der Waals surface area contributed by atoms with E-state index in [9.17, 15) is 0 Å². The summed E-state index contributed by atoms with van der Waals surface area (Å²) >= 11 is 2.56. The Morgan fingerprint density at radius 3 is 2.71 bits per heavy atom. The van der Waals surface area contributed by atoms with Crippen LogP contribution in [-0.4, -0.2) is 4.43 Å². The third kappa shape index (κ3) is 3.12. The van der Waals surface area contributed by atoms with Crippen LogP contribution in [0.5, 0.6) is 0 Å². The van der Waals surface area contributed by atoms with Gasteiger partial charge in [-0.25, -0.2) is 0 Å². The summed E-state index contributed by atoms with van der Waals surface area (Å²) in [4.78, 5) is 0. The lowest BCUT2D eigenvalue weighted by molar-refractivity contribution is 0.354. The van der Waals surface area contributed by atoms with Crippen LogP contribution in [0.25, 0.3) is 0 Å². The van der Waals surface area contributed by atoms with Crippen molar-refractivity contribution >= 4 is 22.6 Å². The van der Waals surface area contributed by atoms with Gasteiger partial charge in [-0.3, -0.25) is 0 Å². The Labute approximate surface area is 119 Å². The van der Waals surface area contributed by atoms with Gasteiger partial charge in [0.1, 0.15) is 0 Å². The molecule has 1 saturated carbocycles. The van der Waals surface area contributed by atoms with Crippen LogP contribution in [0.4, 0.5) is 0 Å². The Morgan fingerprint density at radius 1 is 1.29 bits per heavy atom. The van der Waals surface area contributed by atoms with Gasteiger partial charge in [-0.15, -0.1) is 6.58 Å². The van der Waals surface area contributed by atoms with Crippen LogP contribution in [0.15, 0.2) is 43.0 Å². The van der Waals surface area contributed by atoms with E-state index < -0.39 is 0 Å². The topological polar surface area (TPSA) is 0 Å². The van der Waals surface area contributed by atoms with Crippen LogP contribution in [0.3, 0.4) is 0 Å². The number of hydrogen-bond donors (Lipinski definition) is 0. The number of allylic oxidation sites excluding steroid dienone is 1. The van der Waals surface area contributed by atoms with Crippen molar-refractivity contribution in [1.29, 1.82) is 0 Å². The van der Waals surface area contributed by atoms with Gasteiger partial charge in [0, 0.05) is 4.43 Å². The molecule has 0 radical (unpaired) electrons. The van der Waals surface area contributed by atoms with E-state index in [2.05, 4.69) is 65.6 Å². The maximum Gasteiger partial charge on any atom is 0.00265 e. The van der Waals surface area contributed by atoms with E-state index in [1.54, 1.807) is 0 Å². The molecule has 92 valence electrons. The van der Waals surface area contributed by atoms with Crippen molar-refractivity contribution in [3.63, 3.8) is 0 Å². The Balaban J connectivity index is 2.19. The second-order valence-corrected chi connectivity index (χ2v) is 5.93. The van der Waals surface area contributed by atoms with Gasteiger partial charge in [0.25, 0.3) is 0 Å². The first kappa shape index (κ1) is 13.1. The first-order valence-corrected chi connectivity index (χ1v) is 8.11. The lowest BCUT2D eigenvalue weighted by Crippen LogP contribution is -2.18. The predicted octanol–water partition coefficient (Wildman–Crippen LogP) is 5.20. The van der Waals surface area contributed by atoms with Crippen LogP contribution < -0.4 is 0 Å². The molecule has 3 atom stereocenters. The van der Waals surface area contributed by atoms with E-state index in [-0.39, 0.29) is 0 Å². The first-order valence-electron chi connectivity index (χ1n) is 6.58. The third-order valence-corrected chi connectivity index (χ3v) is 5.21. The highest BCUT2D eigenvalue weighted by atomic mass is 127. The summed E-state index contributed by atoms with van der Waals surface area (Å²) in [5.41, 5.74) is 1.51. The number of halogens is 1. The first-order chi connectivity index (χ1) is 8.36. The monoisotopic (exact) mass is 340 g/mol. The molecule has 1 fully saturated rings. The molecule has 0 saturated heterocycles. The number of hydrogen-bond acceptors (Lipinski definition) is 0. The molecule has 0 amide bonds. The van der Waals surface area contributed by atoms with Crippen molar-refractivity contribution in [1.82, 2.24) is 0 Å². The van der Waals surface area contributed by atoms with Gasteiger partial charge < -0.3 is 0 Å². The zero-order valence-electron chi connectivity index (χ0n) is 10.3. The van der Waals surface area contributed by atoms with Crippen LogP contribution >= 0.6 is 22.6 Å². The highest BCUT2D eigenvalue weighted by Crippen LogP contribution is 2.44. The van der Waals surface area contributed by atoms with Gasteiger partial charge in [0.2, 0.25) is 0 Å². The average molecular weight is 340 g/mol. The van der Waals surface area contributed by atoms with E-state index in [1.807, 2.05) is 0 Å². The van der Waals surface area contributed by atoms with Crippen molar-refractivity contribution in [2.45, 2.75) is 31.6 Å². The molecule has 0 aliphatic heterocycles. The van der Waals surface area contributed by atoms with Crippen molar-refractivity contribution < 1.29 is 0 Å². The van der Waals surface area contributed by atoms with E-state index in [1.165, 1.54) is 29.3 Å². The lowest BCUT2D eigenvalue weighted by Gasteiger charge is -2.27. The average Bonchev–Trinajstić information content (AvgIpc) is 2.85. The summed E-state index contributed by atoms with van der Waals surface area (Å²) in [6.45, 7) is 3.95. The molecular weight excluding hydrogens is 319 g/mol. The SMILES string of the molecule is C=CC[C@@H](c1ccccc1)[C@@H]1CCC[C@H]1CI. The van der Waals surface area contributed by atoms with Gasteiger partial charge in [0.05, 0.1) is 0 Å². The molecule has 0 unspecified atom stereocenters. The largest absolute Gasteiger partial charge is 0.103 e. The maximum absolute atomic E-state index is 3.95. The molecule has 0 heterocycles. The molecule has 1 heteroatoms. The van der Waals surface area contributed by atoms with Gasteiger partial charge in [0.15, 0.2) is 0 Å². The molecule has 0 N–H and O–H groups in total. The van der Waals surface area contributed by atoms with Gasteiger partial charge in [-0.05, 0) is 42.6 Å². The van der Waals surface area contributed by atoms with Crippen LogP contribution in [0.2, 0.25) is 0 Å². The third-order valence-electron chi connectivity index (χ3n) is 4.08. The van der Waals surface area contributed by atoms with Crippen molar-refractivity contribution in [3.05, 3.63) is 48.6 Å². The smallest absolute Gasteiger partial charge is 0.00265 e. The normalized spacial score (nSPS) is 25.7. The minimum Gasteiger partial charge on any atom is -0.103 e. The Bertz CT molecular complexity index is 344. The van der Waals surface area contributed by atoms with Crippen molar-refractivity contribution in [3.8, 4) is 0 Å². The molecule has 17 heavy (non-hydrogen) atoms. The molecule has 1 aliphatic rings. The second-order valence-electron chi connectivity index (χ2n) is 5.05. The fraction of sp³-hybridized carbons (Fsp3) is 0.500. The maximum atomic E-state index is 3.95. The van der Waals surface area contributed by atoms with Gasteiger partial charge in [-0.2, -0.15) is 0 Å². The zero-order chi connectivity index (χ0) is 12.1. The van der Waals surface area contributed by atoms with E-state index >= 15 is 0 Å². The van der Waals surface area contributed by atoms with E-state index in [0.717, 1.165) is 18.3 Å². The van der Waals surface area contributed by atoms with Gasteiger partial charge in [-0.1, -0.05) is 65.4 Å². The summed E-state index contributed by atoms with van der Waals surface area (Å²) in [6, 6.07) is 11.0. The van der Waals surface area contributed by atoms with Crippen LogP contribution in [0, 0.1) is 11.8 Å². The minimum atomic E-state index is 0.691. The second kappa shape index (κ2) is 6.58. The number of benzene rings is 1. The van der Waals surface area contributed by atoms with Gasteiger partial charge >= 0.3 is 0 Å². The Kier molecular flexibility index (Phi) is 5.08. The summed E-state index contributed by atoms with van der Waals surface area (Å²) in [5, 5.41) is 0. The van der Waals surface area contributed by atoms with E-state index in [4.69, 9.17) is 0 Å². The molecular formula is C16H21I. The molecule has 0 aromatic heterocycles. The Hall–Kier alpha value is -0.310. The fourth-order valence-electron chi connectivity index (χ4n) is 3.22. The molecule has 0 nitrogen and oxygen atoms in total. The molecule has 1 aromatic carbocycles. The van der Waals surface area contributed by atoms with Crippen LogP contribution in [-0.2, 0) is 0 Å². The lowest BCUT2D eigenvalue weighted by atomic mass is 9.78. The standard InChI is InChI=1S/C16H21I/c1-2-7-15(13-8-4-3-5-9-13)16-11-6-10-14(16)12-17/h2-5,8-9,14-16H,1,6-7,10-12H2/t14-,15-,16+/m0/s1. The summed E-state index contributed by atoms with van der Waals surface area (Å²) in [7, 11) is 0. The van der Waals surface area contributed by atoms with E-state index in [0.29, 0.717) is 5.92 Å². The summed E-state index contributed by atoms with van der Waals surface area (Å²) < 4.78 is 1.31. The molecule has 1 aromatic rings. The predicted molar refractivity (Wildman–Crippen MR) is 83.7 cm³/mol. The number of alkyl halides is 1. The summed E-state index contributed by atoms with van der Waals surface area (Å²) in [5.74, 6) is 2.48. The summed E-state index contributed by atoms with van der Waals surface area (Å²) in [6.07, 6.45) is 7.47. The molecule has 1 aliphatic carbocycles. The van der Waals surface area contributed by atoms with Crippen molar-refractivity contribution in [2.24, 2.45) is 11.8 Å². The highest BCUT2D eigenvalue weighted by molar-refractivity contribution is 14.1. The van der Waals surface area contributed by atoms with Crippen molar-refractivity contribution in [2.75, 3.05) is 4.43 Å². The molecule has 0 bridgehead atoms. The van der Waals surface area contributed by atoms with Crippen LogP contribution in [0.1, 0.15) is 37.2 Å². The zero-order valence-corrected chi connectivity index (χ0v) is 12.5.